The average Bonchev–Trinajstić information content (AvgIpc) is 2.81. The maximum atomic E-state index is 14.4. The molecule has 3 heteroatoms. The molecule has 2 nitrogen and oxygen atoms in total. The molecule has 3 atom stereocenters. The van der Waals surface area contributed by atoms with Crippen LogP contribution in [0.2, 0.25) is 0 Å². The summed E-state index contributed by atoms with van der Waals surface area (Å²) in [6, 6.07) is 3.72. The third-order valence-electron chi connectivity index (χ3n) is 4.19. The molecule has 0 aromatic heterocycles. The quantitative estimate of drug-likeness (QED) is 0.899. The second-order valence-corrected chi connectivity index (χ2v) is 5.51. The molecule has 0 spiro atoms. The van der Waals surface area contributed by atoms with E-state index < -0.39 is 0 Å². The fourth-order valence-corrected chi connectivity index (χ4v) is 3.36. The van der Waals surface area contributed by atoms with E-state index >= 15 is 0 Å². The lowest BCUT2D eigenvalue weighted by Crippen LogP contribution is -2.32. The van der Waals surface area contributed by atoms with Crippen LogP contribution in [0.25, 0.3) is 0 Å². The Morgan fingerprint density at radius 2 is 2.16 bits per heavy atom. The Bertz CT molecular complexity index is 423. The zero-order chi connectivity index (χ0) is 14.0. The molecule has 106 valence electrons. The van der Waals surface area contributed by atoms with Crippen molar-refractivity contribution in [3.63, 3.8) is 0 Å². The molecule has 2 rings (SSSR count). The highest BCUT2D eigenvalue weighted by Gasteiger charge is 2.35. The molecule has 1 aromatic rings. The van der Waals surface area contributed by atoms with E-state index in [4.69, 9.17) is 4.74 Å². The number of nitrogens with one attached hydrogen (secondary N) is 1. The second kappa shape index (κ2) is 6.02. The van der Waals surface area contributed by atoms with E-state index in [-0.39, 0.29) is 18.0 Å². The van der Waals surface area contributed by atoms with Gasteiger partial charge in [-0.1, -0.05) is 13.0 Å². The Morgan fingerprint density at radius 1 is 1.42 bits per heavy atom. The highest BCUT2D eigenvalue weighted by Crippen LogP contribution is 2.37. The zero-order valence-corrected chi connectivity index (χ0v) is 12.3. The van der Waals surface area contributed by atoms with Crippen LogP contribution in [-0.4, -0.2) is 19.8 Å². The highest BCUT2D eigenvalue weighted by atomic mass is 19.1. The molecule has 1 aromatic carbocycles. The average molecular weight is 265 g/mol. The molecule has 0 radical (unpaired) electrons. The third-order valence-corrected chi connectivity index (χ3v) is 4.19. The first kappa shape index (κ1) is 14.5. The Morgan fingerprint density at radius 3 is 2.74 bits per heavy atom. The Kier molecular flexibility index (Phi) is 4.58. The van der Waals surface area contributed by atoms with Crippen molar-refractivity contribution in [1.82, 2.24) is 5.32 Å². The zero-order valence-electron chi connectivity index (χ0n) is 12.3. The minimum atomic E-state index is -0.0985. The van der Waals surface area contributed by atoms with E-state index in [9.17, 15) is 4.39 Å². The molecule has 19 heavy (non-hydrogen) atoms. The van der Waals surface area contributed by atoms with E-state index in [1.165, 1.54) is 0 Å². The van der Waals surface area contributed by atoms with Crippen LogP contribution in [0, 0.1) is 25.6 Å². The van der Waals surface area contributed by atoms with Gasteiger partial charge in [0, 0.05) is 24.1 Å². The fraction of sp³-hybridized carbons (Fsp3) is 0.625. The molecule has 0 amide bonds. The molecule has 3 unspecified atom stereocenters. The van der Waals surface area contributed by atoms with Gasteiger partial charge in [0.25, 0.3) is 0 Å². The molecular weight excluding hydrogens is 241 g/mol. The maximum absolute atomic E-state index is 14.4. The van der Waals surface area contributed by atoms with Crippen LogP contribution >= 0.6 is 0 Å². The van der Waals surface area contributed by atoms with Gasteiger partial charge in [0.2, 0.25) is 0 Å². The Hall–Kier alpha value is -0.930. The van der Waals surface area contributed by atoms with Crippen LogP contribution in [0.4, 0.5) is 4.39 Å². The summed E-state index contributed by atoms with van der Waals surface area (Å²) in [6.07, 6.45) is 2.21. The van der Waals surface area contributed by atoms with Crippen LogP contribution in [0.5, 0.6) is 0 Å². The predicted octanol–water partition coefficient (Wildman–Crippen LogP) is 3.52. The van der Waals surface area contributed by atoms with Gasteiger partial charge in [-0.05, 0) is 50.9 Å². The molecule has 0 aliphatic carbocycles. The summed E-state index contributed by atoms with van der Waals surface area (Å²) in [4.78, 5) is 0. The van der Waals surface area contributed by atoms with Crippen molar-refractivity contribution >= 4 is 0 Å². The summed E-state index contributed by atoms with van der Waals surface area (Å²) in [6.45, 7) is 6.84. The topological polar surface area (TPSA) is 21.3 Å². The number of halogens is 1. The van der Waals surface area contributed by atoms with Gasteiger partial charge in [0.05, 0.1) is 6.10 Å². The minimum absolute atomic E-state index is 0.0352. The number of hydrogen-bond donors (Lipinski definition) is 1. The van der Waals surface area contributed by atoms with Crippen molar-refractivity contribution in [3.8, 4) is 0 Å². The lowest BCUT2D eigenvalue weighted by Gasteiger charge is -2.29. The molecule has 1 aliphatic heterocycles. The summed E-state index contributed by atoms with van der Waals surface area (Å²) in [5.41, 5.74) is 2.81. The van der Waals surface area contributed by atoms with E-state index in [1.807, 2.05) is 20.9 Å². The van der Waals surface area contributed by atoms with E-state index in [1.54, 1.807) is 6.07 Å². The summed E-state index contributed by atoms with van der Waals surface area (Å²) in [5.74, 6) is 0.254. The number of aryl methyl sites for hydroxylation is 2. The van der Waals surface area contributed by atoms with Crippen molar-refractivity contribution in [2.24, 2.45) is 5.92 Å². The maximum Gasteiger partial charge on any atom is 0.128 e. The monoisotopic (exact) mass is 265 g/mol. The third kappa shape index (κ3) is 2.82. The van der Waals surface area contributed by atoms with Gasteiger partial charge in [0.15, 0.2) is 0 Å². The molecular formula is C16H24FNO. The van der Waals surface area contributed by atoms with E-state index in [2.05, 4.69) is 18.3 Å². The highest BCUT2D eigenvalue weighted by molar-refractivity contribution is 5.35. The Labute approximate surface area is 115 Å². The molecule has 1 aliphatic rings. The number of ether oxygens (including phenoxy) is 1. The fourth-order valence-electron chi connectivity index (χ4n) is 3.36. The number of benzene rings is 1. The number of rotatable bonds is 4. The summed E-state index contributed by atoms with van der Waals surface area (Å²) in [7, 11) is 1.91. The van der Waals surface area contributed by atoms with Gasteiger partial charge in [-0.25, -0.2) is 4.39 Å². The second-order valence-electron chi connectivity index (χ2n) is 5.51. The minimum Gasteiger partial charge on any atom is -0.378 e. The van der Waals surface area contributed by atoms with Crippen molar-refractivity contribution < 1.29 is 9.13 Å². The lowest BCUT2D eigenvalue weighted by molar-refractivity contribution is 0.0778. The molecule has 1 heterocycles. The SMILES string of the molecule is CCC1OCCC1C(NC)c1c(C)cc(C)cc1F. The standard InChI is InChI=1S/C16H24FNO/c1-5-14-12(6-7-19-14)16(18-4)15-11(3)8-10(2)9-13(15)17/h8-9,12,14,16,18H,5-7H2,1-4H3. The summed E-state index contributed by atoms with van der Waals surface area (Å²) in [5, 5.41) is 3.31. The summed E-state index contributed by atoms with van der Waals surface area (Å²) < 4.78 is 20.1. The van der Waals surface area contributed by atoms with Crippen LogP contribution in [-0.2, 0) is 4.74 Å². The summed E-state index contributed by atoms with van der Waals surface area (Å²) >= 11 is 0. The first-order chi connectivity index (χ1) is 9.08. The largest absolute Gasteiger partial charge is 0.378 e. The first-order valence-electron chi connectivity index (χ1n) is 7.14. The Balaban J connectivity index is 2.37. The van der Waals surface area contributed by atoms with Gasteiger partial charge in [-0.15, -0.1) is 0 Å². The van der Waals surface area contributed by atoms with Crippen LogP contribution in [0.3, 0.4) is 0 Å². The molecule has 0 bridgehead atoms. The van der Waals surface area contributed by atoms with Crippen LogP contribution < -0.4 is 5.32 Å². The first-order valence-corrected chi connectivity index (χ1v) is 7.14. The predicted molar refractivity (Wildman–Crippen MR) is 75.8 cm³/mol. The van der Waals surface area contributed by atoms with Crippen molar-refractivity contribution in [2.45, 2.75) is 45.8 Å². The van der Waals surface area contributed by atoms with Gasteiger partial charge < -0.3 is 10.1 Å². The lowest BCUT2D eigenvalue weighted by atomic mass is 9.84. The van der Waals surface area contributed by atoms with Gasteiger partial charge >= 0.3 is 0 Å². The van der Waals surface area contributed by atoms with Crippen LogP contribution in [0.1, 0.15) is 42.5 Å². The normalized spacial score (nSPS) is 24.7. The van der Waals surface area contributed by atoms with Crippen molar-refractivity contribution in [1.29, 1.82) is 0 Å². The molecule has 1 N–H and O–H groups in total. The van der Waals surface area contributed by atoms with E-state index in [0.717, 1.165) is 36.1 Å². The van der Waals surface area contributed by atoms with Crippen LogP contribution in [0.15, 0.2) is 12.1 Å². The van der Waals surface area contributed by atoms with Gasteiger partial charge in [-0.2, -0.15) is 0 Å². The molecule has 0 saturated carbocycles. The van der Waals surface area contributed by atoms with Crippen molar-refractivity contribution in [3.05, 3.63) is 34.6 Å². The number of hydrogen-bond acceptors (Lipinski definition) is 2. The van der Waals surface area contributed by atoms with Gasteiger partial charge in [0.1, 0.15) is 5.82 Å². The smallest absolute Gasteiger partial charge is 0.128 e. The molecule has 1 saturated heterocycles. The van der Waals surface area contributed by atoms with Crippen molar-refractivity contribution in [2.75, 3.05) is 13.7 Å². The molecule has 1 fully saturated rings. The van der Waals surface area contributed by atoms with Gasteiger partial charge in [-0.3, -0.25) is 0 Å². The van der Waals surface area contributed by atoms with E-state index in [0.29, 0.717) is 5.92 Å².